The number of carbonyl (C=O) groups is 1. The largest absolute Gasteiger partial charge is 0.479 e. The number of aromatic nitrogens is 1. The predicted molar refractivity (Wildman–Crippen MR) is 101 cm³/mol. The number of aliphatic carboxylic acids is 1. The van der Waals surface area contributed by atoms with E-state index in [0.29, 0.717) is 17.5 Å². The topological polar surface area (TPSA) is 96.4 Å². The van der Waals surface area contributed by atoms with E-state index < -0.39 is 17.6 Å². The molecular weight excluding hydrogens is 328 g/mol. The summed E-state index contributed by atoms with van der Waals surface area (Å²) in [6.07, 6.45) is 10.5. The molecule has 2 atom stereocenters. The maximum atomic E-state index is 11.9. The number of nitrogens with zero attached hydrogens (tertiary/aromatic N) is 1. The van der Waals surface area contributed by atoms with Gasteiger partial charge in [-0.15, -0.1) is 0 Å². The maximum absolute atomic E-state index is 11.9. The van der Waals surface area contributed by atoms with E-state index in [1.165, 1.54) is 31.2 Å². The second-order valence-electron chi connectivity index (χ2n) is 8.92. The lowest BCUT2D eigenvalue weighted by Gasteiger charge is -2.36. The summed E-state index contributed by atoms with van der Waals surface area (Å²) < 4.78 is 0. The summed E-state index contributed by atoms with van der Waals surface area (Å²) in [5.74, 6) is -1.04. The monoisotopic (exact) mass is 360 g/mol. The number of carboxylic acid groups (broad SMARTS) is 1. The third-order valence-corrected chi connectivity index (χ3v) is 6.52. The predicted octanol–water partition coefficient (Wildman–Crippen LogP) is 2.86. The van der Waals surface area contributed by atoms with Gasteiger partial charge in [0.05, 0.1) is 0 Å². The number of hydrogen-bond acceptors (Lipinski definition) is 4. The van der Waals surface area contributed by atoms with Crippen molar-refractivity contribution in [2.75, 3.05) is 0 Å². The summed E-state index contributed by atoms with van der Waals surface area (Å²) in [6, 6.07) is 1.26. The molecule has 0 bridgehead atoms. The summed E-state index contributed by atoms with van der Waals surface area (Å²) in [5, 5.41) is 20.6. The zero-order chi connectivity index (χ0) is 18.9. The molecule has 0 amide bonds. The Morgan fingerprint density at radius 1 is 1.35 bits per heavy atom. The third kappa shape index (κ3) is 3.65. The minimum absolute atomic E-state index is 0.0214. The van der Waals surface area contributed by atoms with E-state index in [0.717, 1.165) is 24.8 Å². The van der Waals surface area contributed by atoms with Crippen LogP contribution in [0.25, 0.3) is 0 Å². The average Bonchev–Trinajstić information content (AvgIpc) is 3.01. The fourth-order valence-electron chi connectivity index (χ4n) is 4.96. The Morgan fingerprint density at radius 2 is 2.04 bits per heavy atom. The fourth-order valence-corrected chi connectivity index (χ4v) is 4.96. The zero-order valence-electron chi connectivity index (χ0n) is 16.0. The Kier molecular flexibility index (Phi) is 5.40. The molecular formula is C21H32N2O3. The van der Waals surface area contributed by atoms with E-state index in [2.05, 4.69) is 11.1 Å². The van der Waals surface area contributed by atoms with E-state index in [1.54, 1.807) is 6.20 Å². The van der Waals surface area contributed by atoms with Gasteiger partial charge < -0.3 is 15.9 Å². The van der Waals surface area contributed by atoms with Crippen LogP contribution in [0, 0.1) is 11.3 Å². The van der Waals surface area contributed by atoms with Crippen molar-refractivity contribution in [2.24, 2.45) is 17.1 Å². The fraction of sp³-hybridized carbons (Fsp3) is 0.714. The molecule has 1 heterocycles. The van der Waals surface area contributed by atoms with Gasteiger partial charge in [0.15, 0.2) is 5.60 Å². The first kappa shape index (κ1) is 19.3. The van der Waals surface area contributed by atoms with Crippen LogP contribution in [0.4, 0.5) is 0 Å². The molecule has 5 heteroatoms. The Hall–Kier alpha value is -1.46. The molecule has 3 rings (SSSR count). The Labute approximate surface area is 156 Å². The molecule has 2 aliphatic carbocycles. The quantitative estimate of drug-likeness (QED) is 0.725. The van der Waals surface area contributed by atoms with Gasteiger partial charge in [-0.2, -0.15) is 0 Å². The molecule has 0 aliphatic heterocycles. The van der Waals surface area contributed by atoms with Crippen LogP contribution in [0.2, 0.25) is 0 Å². The molecule has 0 aromatic carbocycles. The number of hydrogen-bond donors (Lipinski definition) is 3. The Balaban J connectivity index is 1.87. The first-order valence-corrected chi connectivity index (χ1v) is 9.93. The van der Waals surface area contributed by atoms with Crippen molar-refractivity contribution < 1.29 is 15.0 Å². The second kappa shape index (κ2) is 7.28. The van der Waals surface area contributed by atoms with Crippen molar-refractivity contribution in [3.63, 3.8) is 0 Å². The number of fused-ring (bicyclic) bond motifs is 1. The summed E-state index contributed by atoms with van der Waals surface area (Å²) in [7, 11) is 0. The molecule has 2 unspecified atom stereocenters. The van der Waals surface area contributed by atoms with E-state index in [4.69, 9.17) is 5.73 Å². The highest BCUT2D eigenvalue weighted by Gasteiger charge is 2.44. The van der Waals surface area contributed by atoms with Gasteiger partial charge in [0, 0.05) is 24.4 Å². The van der Waals surface area contributed by atoms with Crippen molar-refractivity contribution in [3.05, 3.63) is 29.1 Å². The summed E-state index contributed by atoms with van der Waals surface area (Å²) >= 11 is 0. The summed E-state index contributed by atoms with van der Waals surface area (Å²) in [5.41, 5.74) is 7.70. The van der Waals surface area contributed by atoms with Crippen LogP contribution >= 0.6 is 0 Å². The van der Waals surface area contributed by atoms with Crippen molar-refractivity contribution in [1.29, 1.82) is 0 Å². The third-order valence-electron chi connectivity index (χ3n) is 6.52. The Bertz CT molecular complexity index is 667. The lowest BCUT2D eigenvalue weighted by molar-refractivity contribution is -0.161. The standard InChI is InChI=1S/C21H32N2O3/c1-14(2)11-18(22)21(26,19(24)25)13-17-16-5-9-20(7-3-4-8-20)12-15(16)6-10-23-17/h6,10,14,18,26H,3-5,7-9,11-13,22H2,1-2H3,(H,24,25). The van der Waals surface area contributed by atoms with E-state index in [1.807, 2.05) is 13.8 Å². The first-order valence-electron chi connectivity index (χ1n) is 9.93. The lowest BCUT2D eigenvalue weighted by atomic mass is 9.69. The van der Waals surface area contributed by atoms with Crippen LogP contribution in [0.15, 0.2) is 12.3 Å². The molecule has 1 aromatic rings. The minimum Gasteiger partial charge on any atom is -0.479 e. The Morgan fingerprint density at radius 3 is 2.65 bits per heavy atom. The van der Waals surface area contributed by atoms with Gasteiger partial charge >= 0.3 is 5.97 Å². The highest BCUT2D eigenvalue weighted by Crippen LogP contribution is 2.48. The minimum atomic E-state index is -1.98. The van der Waals surface area contributed by atoms with Crippen LogP contribution in [0.1, 0.15) is 69.2 Å². The van der Waals surface area contributed by atoms with Gasteiger partial charge in [-0.25, -0.2) is 4.79 Å². The van der Waals surface area contributed by atoms with Crippen LogP contribution in [0.3, 0.4) is 0 Å². The number of aliphatic hydroxyl groups is 1. The van der Waals surface area contributed by atoms with E-state index in [9.17, 15) is 15.0 Å². The number of carboxylic acids is 1. The normalized spacial score (nSPS) is 22.2. The molecule has 4 N–H and O–H groups in total. The molecule has 5 nitrogen and oxygen atoms in total. The molecule has 1 saturated carbocycles. The zero-order valence-corrected chi connectivity index (χ0v) is 16.0. The van der Waals surface area contributed by atoms with Crippen LogP contribution in [-0.2, 0) is 24.1 Å². The number of rotatable bonds is 6. The second-order valence-corrected chi connectivity index (χ2v) is 8.92. The van der Waals surface area contributed by atoms with Gasteiger partial charge in [0.25, 0.3) is 0 Å². The van der Waals surface area contributed by atoms with Crippen molar-refractivity contribution in [3.8, 4) is 0 Å². The molecule has 1 spiro atoms. The van der Waals surface area contributed by atoms with Gasteiger partial charge in [-0.05, 0) is 67.1 Å². The molecule has 2 aliphatic rings. The van der Waals surface area contributed by atoms with Gasteiger partial charge in [-0.3, -0.25) is 4.98 Å². The van der Waals surface area contributed by atoms with Crippen LogP contribution in [-0.4, -0.2) is 32.8 Å². The molecule has 1 aromatic heterocycles. The van der Waals surface area contributed by atoms with Crippen molar-refractivity contribution >= 4 is 5.97 Å². The molecule has 26 heavy (non-hydrogen) atoms. The van der Waals surface area contributed by atoms with Crippen molar-refractivity contribution in [2.45, 2.75) is 83.3 Å². The summed E-state index contributed by atoms with van der Waals surface area (Å²) in [6.45, 7) is 3.96. The highest BCUT2D eigenvalue weighted by atomic mass is 16.4. The highest BCUT2D eigenvalue weighted by molar-refractivity contribution is 5.78. The lowest BCUT2D eigenvalue weighted by Crippen LogP contribution is -2.56. The van der Waals surface area contributed by atoms with Crippen LogP contribution < -0.4 is 5.73 Å². The number of pyridine rings is 1. The van der Waals surface area contributed by atoms with Gasteiger partial charge in [0.1, 0.15) is 0 Å². The summed E-state index contributed by atoms with van der Waals surface area (Å²) in [4.78, 5) is 16.3. The van der Waals surface area contributed by atoms with E-state index >= 15 is 0 Å². The van der Waals surface area contributed by atoms with Crippen molar-refractivity contribution in [1.82, 2.24) is 4.98 Å². The molecule has 1 fully saturated rings. The SMILES string of the molecule is CC(C)CC(N)C(O)(Cc1nccc2c1CCC1(CCCC1)C2)C(=O)O. The molecule has 144 valence electrons. The van der Waals surface area contributed by atoms with E-state index in [-0.39, 0.29) is 12.3 Å². The van der Waals surface area contributed by atoms with Gasteiger partial charge in [0.2, 0.25) is 0 Å². The van der Waals surface area contributed by atoms with Crippen LogP contribution in [0.5, 0.6) is 0 Å². The maximum Gasteiger partial charge on any atom is 0.337 e. The average molecular weight is 360 g/mol. The van der Waals surface area contributed by atoms with Gasteiger partial charge in [-0.1, -0.05) is 26.7 Å². The number of nitrogens with two attached hydrogens (primary N) is 1. The molecule has 0 saturated heterocycles. The first-order chi connectivity index (χ1) is 12.3. The smallest absolute Gasteiger partial charge is 0.337 e. The molecule has 0 radical (unpaired) electrons.